The summed E-state index contributed by atoms with van der Waals surface area (Å²) < 4.78 is 31.4. The molecule has 0 aromatic heterocycles. The van der Waals surface area contributed by atoms with Gasteiger partial charge in [-0.05, 0) is 60.5 Å². The molecule has 0 saturated heterocycles. The third kappa shape index (κ3) is 5.10. The Hall–Kier alpha value is -3.06. The number of anilines is 1. The van der Waals surface area contributed by atoms with Gasteiger partial charge in [-0.2, -0.15) is 0 Å². The molecule has 0 spiro atoms. The number of rotatable bonds is 8. The quantitative estimate of drug-likeness (QED) is 0.596. The number of hydrogen-bond donors (Lipinski definition) is 1. The summed E-state index contributed by atoms with van der Waals surface area (Å²) in [5.74, 6) is 0.269. The lowest BCUT2D eigenvalue weighted by molar-refractivity contribution is -0.122. The molecule has 0 fully saturated rings. The smallest absolute Gasteiger partial charge is 0.243 e. The zero-order chi connectivity index (χ0) is 21.7. The molecule has 3 rings (SSSR count). The summed E-state index contributed by atoms with van der Waals surface area (Å²) in [6.07, 6.45) is 1.09. The molecule has 3 aromatic carbocycles. The highest BCUT2D eigenvalue weighted by atomic mass is 32.2. The minimum absolute atomic E-state index is 0.314. The van der Waals surface area contributed by atoms with Gasteiger partial charge in [-0.1, -0.05) is 36.4 Å². The van der Waals surface area contributed by atoms with E-state index in [1.54, 1.807) is 31.2 Å². The predicted molar refractivity (Wildman–Crippen MR) is 120 cm³/mol. The molecule has 30 heavy (non-hydrogen) atoms. The number of carbonyl (C=O) groups is 1. The fourth-order valence-corrected chi connectivity index (χ4v) is 4.53. The Morgan fingerprint density at radius 1 is 1.03 bits per heavy atom. The number of hydrogen-bond acceptors (Lipinski definition) is 4. The Kier molecular flexibility index (Phi) is 6.62. The number of sulfonamides is 1. The van der Waals surface area contributed by atoms with E-state index >= 15 is 0 Å². The zero-order valence-electron chi connectivity index (χ0n) is 17.3. The summed E-state index contributed by atoms with van der Waals surface area (Å²) in [6, 6.07) is 19.7. The third-order valence-corrected chi connectivity index (χ3v) is 6.01. The van der Waals surface area contributed by atoms with Crippen molar-refractivity contribution in [1.82, 2.24) is 5.32 Å². The first-order valence-corrected chi connectivity index (χ1v) is 11.6. The summed E-state index contributed by atoms with van der Waals surface area (Å²) in [6.45, 7) is 4.28. The molecular formula is C23H26N2O4S. The van der Waals surface area contributed by atoms with Crippen LogP contribution in [0.5, 0.6) is 5.75 Å². The van der Waals surface area contributed by atoms with Crippen molar-refractivity contribution in [3.05, 3.63) is 72.3 Å². The van der Waals surface area contributed by atoms with Crippen molar-refractivity contribution in [3.8, 4) is 5.75 Å². The van der Waals surface area contributed by atoms with Gasteiger partial charge >= 0.3 is 0 Å². The van der Waals surface area contributed by atoms with Gasteiger partial charge < -0.3 is 10.1 Å². The predicted octanol–water partition coefficient (Wildman–Crippen LogP) is 3.71. The molecule has 0 unspecified atom stereocenters. The van der Waals surface area contributed by atoms with Crippen LogP contribution in [0.25, 0.3) is 10.8 Å². The van der Waals surface area contributed by atoms with Gasteiger partial charge in [0.25, 0.3) is 0 Å². The number of carbonyl (C=O) groups excluding carboxylic acids is 1. The average Bonchev–Trinajstić information content (AvgIpc) is 2.72. The van der Waals surface area contributed by atoms with Gasteiger partial charge in [0.15, 0.2) is 0 Å². The second kappa shape index (κ2) is 9.17. The third-order valence-electron chi connectivity index (χ3n) is 4.77. The number of benzene rings is 3. The number of fused-ring (bicyclic) bond motifs is 1. The lowest BCUT2D eigenvalue weighted by Gasteiger charge is -2.28. The SMILES string of the molecule is CCOc1ccc(N([C@@H](C)C(=O)NCc2ccc3ccccc3c2)S(C)(=O)=O)cc1. The standard InChI is InChI=1S/C23H26N2O4S/c1-4-29-22-13-11-21(12-14-22)25(30(3,27)28)17(2)23(26)24-16-18-9-10-19-7-5-6-8-20(19)15-18/h5-15,17H,4,16H2,1-3H3,(H,24,26)/t17-/m0/s1. The molecule has 0 aliphatic heterocycles. The van der Waals surface area contributed by atoms with E-state index in [1.807, 2.05) is 49.4 Å². The molecule has 0 radical (unpaired) electrons. The number of nitrogens with one attached hydrogen (secondary N) is 1. The maximum absolute atomic E-state index is 12.8. The Balaban J connectivity index is 1.74. The Labute approximate surface area is 177 Å². The fourth-order valence-electron chi connectivity index (χ4n) is 3.35. The van der Waals surface area contributed by atoms with Crippen molar-refractivity contribution in [2.45, 2.75) is 26.4 Å². The van der Waals surface area contributed by atoms with Crippen LogP contribution in [0.2, 0.25) is 0 Å². The first kappa shape index (κ1) is 21.6. The Bertz CT molecular complexity index is 1130. The summed E-state index contributed by atoms with van der Waals surface area (Å²) in [4.78, 5) is 12.8. The van der Waals surface area contributed by atoms with Crippen LogP contribution in [0.4, 0.5) is 5.69 Å². The van der Waals surface area contributed by atoms with Gasteiger partial charge in [-0.3, -0.25) is 9.10 Å². The molecule has 1 amide bonds. The monoisotopic (exact) mass is 426 g/mol. The number of amides is 1. The van der Waals surface area contributed by atoms with Gasteiger partial charge in [0.05, 0.1) is 18.6 Å². The van der Waals surface area contributed by atoms with E-state index in [4.69, 9.17) is 4.74 Å². The highest BCUT2D eigenvalue weighted by Crippen LogP contribution is 2.24. The molecule has 0 saturated carbocycles. The fraction of sp³-hybridized carbons (Fsp3) is 0.261. The molecule has 158 valence electrons. The Morgan fingerprint density at radius 3 is 2.33 bits per heavy atom. The van der Waals surface area contributed by atoms with E-state index in [2.05, 4.69) is 5.32 Å². The van der Waals surface area contributed by atoms with E-state index in [0.29, 0.717) is 24.6 Å². The van der Waals surface area contributed by atoms with Crippen LogP contribution in [-0.4, -0.2) is 33.2 Å². The molecule has 1 N–H and O–H groups in total. The van der Waals surface area contributed by atoms with E-state index in [-0.39, 0.29) is 5.91 Å². The van der Waals surface area contributed by atoms with E-state index in [9.17, 15) is 13.2 Å². The van der Waals surface area contributed by atoms with Crippen LogP contribution in [0, 0.1) is 0 Å². The summed E-state index contributed by atoms with van der Waals surface area (Å²) in [7, 11) is -3.67. The van der Waals surface area contributed by atoms with Gasteiger partial charge in [0, 0.05) is 6.54 Å². The van der Waals surface area contributed by atoms with Gasteiger partial charge in [-0.25, -0.2) is 8.42 Å². The van der Waals surface area contributed by atoms with Crippen molar-refractivity contribution < 1.29 is 17.9 Å². The lowest BCUT2D eigenvalue weighted by atomic mass is 10.1. The van der Waals surface area contributed by atoms with E-state index in [0.717, 1.165) is 26.9 Å². The minimum atomic E-state index is -3.67. The minimum Gasteiger partial charge on any atom is -0.494 e. The van der Waals surface area contributed by atoms with Crippen molar-refractivity contribution in [1.29, 1.82) is 0 Å². The second-order valence-corrected chi connectivity index (χ2v) is 8.92. The highest BCUT2D eigenvalue weighted by Gasteiger charge is 2.29. The van der Waals surface area contributed by atoms with Crippen LogP contribution in [-0.2, 0) is 21.4 Å². The molecule has 0 bridgehead atoms. The molecule has 0 aliphatic rings. The maximum Gasteiger partial charge on any atom is 0.243 e. The van der Waals surface area contributed by atoms with Crippen LogP contribution >= 0.6 is 0 Å². The summed E-state index contributed by atoms with van der Waals surface area (Å²) >= 11 is 0. The van der Waals surface area contributed by atoms with Crippen molar-refractivity contribution in [2.24, 2.45) is 0 Å². The lowest BCUT2D eigenvalue weighted by Crippen LogP contribution is -2.47. The van der Waals surface area contributed by atoms with Crippen LogP contribution < -0.4 is 14.4 Å². The molecule has 0 aliphatic carbocycles. The van der Waals surface area contributed by atoms with Crippen LogP contribution in [0.15, 0.2) is 66.7 Å². The van der Waals surface area contributed by atoms with Crippen molar-refractivity contribution in [2.75, 3.05) is 17.2 Å². The van der Waals surface area contributed by atoms with Gasteiger partial charge in [0.1, 0.15) is 11.8 Å². The molecule has 1 atom stereocenters. The molecule has 6 nitrogen and oxygen atoms in total. The first-order chi connectivity index (χ1) is 14.3. The first-order valence-electron chi connectivity index (χ1n) is 9.77. The van der Waals surface area contributed by atoms with Crippen LogP contribution in [0.1, 0.15) is 19.4 Å². The van der Waals surface area contributed by atoms with Gasteiger partial charge in [-0.15, -0.1) is 0 Å². The molecule has 0 heterocycles. The summed E-state index contributed by atoms with van der Waals surface area (Å²) in [5, 5.41) is 5.06. The second-order valence-electron chi connectivity index (χ2n) is 7.06. The molecule has 3 aromatic rings. The number of nitrogens with zero attached hydrogens (tertiary/aromatic N) is 1. The normalized spacial score (nSPS) is 12.4. The Morgan fingerprint density at radius 2 is 1.70 bits per heavy atom. The largest absolute Gasteiger partial charge is 0.494 e. The van der Waals surface area contributed by atoms with Gasteiger partial charge in [0.2, 0.25) is 15.9 Å². The molecular weight excluding hydrogens is 400 g/mol. The van der Waals surface area contributed by atoms with E-state index < -0.39 is 16.1 Å². The average molecular weight is 427 g/mol. The van der Waals surface area contributed by atoms with Crippen LogP contribution in [0.3, 0.4) is 0 Å². The topological polar surface area (TPSA) is 75.7 Å². The molecule has 7 heteroatoms. The van der Waals surface area contributed by atoms with Crippen molar-refractivity contribution in [3.63, 3.8) is 0 Å². The van der Waals surface area contributed by atoms with E-state index in [1.165, 1.54) is 0 Å². The maximum atomic E-state index is 12.8. The summed E-state index contributed by atoms with van der Waals surface area (Å²) in [5.41, 5.74) is 1.36. The highest BCUT2D eigenvalue weighted by molar-refractivity contribution is 7.92. The number of ether oxygens (including phenoxy) is 1. The van der Waals surface area contributed by atoms with Crippen molar-refractivity contribution >= 4 is 32.4 Å². The zero-order valence-corrected chi connectivity index (χ0v) is 18.1.